The molecule has 1 fully saturated rings. The van der Waals surface area contributed by atoms with Crippen molar-refractivity contribution in [1.82, 2.24) is 9.78 Å². The smallest absolute Gasteiger partial charge is 0.0770 e. The fourth-order valence-corrected chi connectivity index (χ4v) is 2.04. The van der Waals surface area contributed by atoms with Crippen molar-refractivity contribution in [1.29, 1.82) is 0 Å². The summed E-state index contributed by atoms with van der Waals surface area (Å²) in [6, 6.07) is 0. The molecule has 1 saturated heterocycles. The maximum absolute atomic E-state index is 5.63. The van der Waals surface area contributed by atoms with Crippen molar-refractivity contribution in [3.63, 3.8) is 0 Å². The highest BCUT2D eigenvalue weighted by atomic mass is 127. The van der Waals surface area contributed by atoms with Crippen molar-refractivity contribution in [3.8, 4) is 0 Å². The molecule has 1 atom stereocenters. The van der Waals surface area contributed by atoms with Gasteiger partial charge in [-0.1, -0.05) is 0 Å². The molecule has 1 aliphatic heterocycles. The standard InChI is InChI=1S/C9H13IN2O/c10-8-5-11-12(6-8)7-9-3-1-2-4-13-9/h5-6,9H,1-4,7H2/t9-/m1/s1. The van der Waals surface area contributed by atoms with Crippen molar-refractivity contribution < 1.29 is 4.74 Å². The number of aromatic nitrogens is 2. The van der Waals surface area contributed by atoms with Gasteiger partial charge in [-0.25, -0.2) is 0 Å². The van der Waals surface area contributed by atoms with Crippen molar-refractivity contribution >= 4 is 22.6 Å². The van der Waals surface area contributed by atoms with Gasteiger partial charge < -0.3 is 4.74 Å². The lowest BCUT2D eigenvalue weighted by molar-refractivity contribution is 0.00398. The summed E-state index contributed by atoms with van der Waals surface area (Å²) in [7, 11) is 0. The van der Waals surface area contributed by atoms with Gasteiger partial charge in [0.05, 0.1) is 22.4 Å². The van der Waals surface area contributed by atoms with Crippen LogP contribution in [-0.4, -0.2) is 22.5 Å². The fraction of sp³-hybridized carbons (Fsp3) is 0.667. The van der Waals surface area contributed by atoms with Gasteiger partial charge in [0.25, 0.3) is 0 Å². The minimum absolute atomic E-state index is 0.379. The monoisotopic (exact) mass is 292 g/mol. The average molecular weight is 292 g/mol. The third-order valence-corrected chi connectivity index (χ3v) is 2.82. The number of hydrogen-bond acceptors (Lipinski definition) is 2. The zero-order valence-electron chi connectivity index (χ0n) is 7.45. The number of halogens is 1. The van der Waals surface area contributed by atoms with Crippen LogP contribution in [0.3, 0.4) is 0 Å². The number of hydrogen-bond donors (Lipinski definition) is 0. The molecular formula is C9H13IN2O. The number of nitrogens with zero attached hydrogens (tertiary/aromatic N) is 2. The molecule has 2 heterocycles. The first-order chi connectivity index (χ1) is 6.34. The Bertz CT molecular complexity index is 268. The van der Waals surface area contributed by atoms with Crippen LogP contribution in [0.25, 0.3) is 0 Å². The highest BCUT2D eigenvalue weighted by molar-refractivity contribution is 14.1. The normalized spacial score (nSPS) is 23.3. The molecule has 1 aromatic heterocycles. The van der Waals surface area contributed by atoms with Crippen LogP contribution in [-0.2, 0) is 11.3 Å². The zero-order chi connectivity index (χ0) is 9.10. The molecule has 1 aromatic rings. The molecule has 72 valence electrons. The lowest BCUT2D eigenvalue weighted by Crippen LogP contribution is -2.24. The van der Waals surface area contributed by atoms with E-state index in [1.807, 2.05) is 10.9 Å². The summed E-state index contributed by atoms with van der Waals surface area (Å²) in [5.74, 6) is 0. The summed E-state index contributed by atoms with van der Waals surface area (Å²) >= 11 is 2.27. The van der Waals surface area contributed by atoms with E-state index in [0.717, 1.165) is 13.2 Å². The van der Waals surface area contributed by atoms with Crippen molar-refractivity contribution in [2.45, 2.75) is 31.9 Å². The maximum atomic E-state index is 5.63. The molecular weight excluding hydrogens is 279 g/mol. The van der Waals surface area contributed by atoms with Gasteiger partial charge in [0, 0.05) is 12.8 Å². The van der Waals surface area contributed by atoms with Gasteiger partial charge in [-0.2, -0.15) is 5.10 Å². The fourth-order valence-electron chi connectivity index (χ4n) is 1.60. The van der Waals surface area contributed by atoms with Gasteiger partial charge in [-0.3, -0.25) is 4.68 Å². The van der Waals surface area contributed by atoms with Crippen LogP contribution >= 0.6 is 22.6 Å². The quantitative estimate of drug-likeness (QED) is 0.780. The second-order valence-electron chi connectivity index (χ2n) is 3.37. The molecule has 0 amide bonds. The summed E-state index contributed by atoms with van der Waals surface area (Å²) in [4.78, 5) is 0. The minimum atomic E-state index is 0.379. The van der Waals surface area contributed by atoms with Crippen molar-refractivity contribution in [2.24, 2.45) is 0 Å². The average Bonchev–Trinajstić information content (AvgIpc) is 2.53. The van der Waals surface area contributed by atoms with E-state index in [2.05, 4.69) is 33.9 Å². The Kier molecular flexibility index (Phi) is 3.21. The van der Waals surface area contributed by atoms with E-state index >= 15 is 0 Å². The largest absolute Gasteiger partial charge is 0.376 e. The Morgan fingerprint density at radius 1 is 1.62 bits per heavy atom. The summed E-state index contributed by atoms with van der Waals surface area (Å²) in [6.45, 7) is 1.83. The molecule has 0 saturated carbocycles. The van der Waals surface area contributed by atoms with E-state index in [1.165, 1.54) is 22.8 Å². The molecule has 2 rings (SSSR count). The van der Waals surface area contributed by atoms with E-state index < -0.39 is 0 Å². The first kappa shape index (κ1) is 9.45. The number of rotatable bonds is 2. The Morgan fingerprint density at radius 3 is 3.15 bits per heavy atom. The highest BCUT2D eigenvalue weighted by Gasteiger charge is 2.14. The zero-order valence-corrected chi connectivity index (χ0v) is 9.61. The van der Waals surface area contributed by atoms with Gasteiger partial charge in [-0.15, -0.1) is 0 Å². The molecule has 0 spiro atoms. The molecule has 13 heavy (non-hydrogen) atoms. The van der Waals surface area contributed by atoms with E-state index in [9.17, 15) is 0 Å². The third-order valence-electron chi connectivity index (χ3n) is 2.27. The SMILES string of the molecule is Ic1cnn(C[C@H]2CCCCO2)c1. The van der Waals surface area contributed by atoms with Gasteiger partial charge in [0.2, 0.25) is 0 Å². The number of ether oxygens (including phenoxy) is 1. The molecule has 0 aliphatic carbocycles. The second kappa shape index (κ2) is 4.41. The van der Waals surface area contributed by atoms with Crippen LogP contribution in [0.4, 0.5) is 0 Å². The molecule has 0 radical (unpaired) electrons. The van der Waals surface area contributed by atoms with E-state index in [0.29, 0.717) is 6.10 Å². The summed E-state index contributed by atoms with van der Waals surface area (Å²) in [6.07, 6.45) is 8.00. The van der Waals surface area contributed by atoms with Crippen molar-refractivity contribution in [3.05, 3.63) is 16.0 Å². The van der Waals surface area contributed by atoms with Gasteiger partial charge in [-0.05, 0) is 41.9 Å². The Morgan fingerprint density at radius 2 is 2.54 bits per heavy atom. The lowest BCUT2D eigenvalue weighted by atomic mass is 10.1. The van der Waals surface area contributed by atoms with E-state index in [-0.39, 0.29) is 0 Å². The van der Waals surface area contributed by atoms with E-state index in [1.54, 1.807) is 0 Å². The van der Waals surface area contributed by atoms with Crippen LogP contribution in [0.2, 0.25) is 0 Å². The van der Waals surface area contributed by atoms with Gasteiger partial charge >= 0.3 is 0 Å². The highest BCUT2D eigenvalue weighted by Crippen LogP contribution is 2.14. The Hall–Kier alpha value is -0.100. The molecule has 0 unspecified atom stereocenters. The summed E-state index contributed by atoms with van der Waals surface area (Å²) in [5, 5.41) is 4.24. The Balaban J connectivity index is 1.89. The van der Waals surface area contributed by atoms with Crippen LogP contribution in [0.1, 0.15) is 19.3 Å². The lowest BCUT2D eigenvalue weighted by Gasteiger charge is -2.22. The first-order valence-electron chi connectivity index (χ1n) is 4.64. The van der Waals surface area contributed by atoms with Crippen LogP contribution in [0.5, 0.6) is 0 Å². The molecule has 0 bridgehead atoms. The molecule has 0 N–H and O–H groups in total. The summed E-state index contributed by atoms with van der Waals surface area (Å²) in [5.41, 5.74) is 0. The molecule has 4 heteroatoms. The van der Waals surface area contributed by atoms with E-state index in [4.69, 9.17) is 4.74 Å². The first-order valence-corrected chi connectivity index (χ1v) is 5.72. The topological polar surface area (TPSA) is 27.1 Å². The summed E-state index contributed by atoms with van der Waals surface area (Å²) < 4.78 is 8.79. The van der Waals surface area contributed by atoms with Gasteiger partial charge in [0.1, 0.15) is 0 Å². The Labute approximate surface area is 91.6 Å². The predicted octanol–water partition coefficient (Wildman–Crippen LogP) is 2.06. The van der Waals surface area contributed by atoms with Crippen LogP contribution in [0, 0.1) is 3.57 Å². The van der Waals surface area contributed by atoms with Gasteiger partial charge in [0.15, 0.2) is 0 Å². The molecule has 1 aliphatic rings. The van der Waals surface area contributed by atoms with Crippen LogP contribution < -0.4 is 0 Å². The molecule has 0 aromatic carbocycles. The second-order valence-corrected chi connectivity index (χ2v) is 4.61. The van der Waals surface area contributed by atoms with Crippen LogP contribution in [0.15, 0.2) is 12.4 Å². The third kappa shape index (κ3) is 2.67. The minimum Gasteiger partial charge on any atom is -0.376 e. The van der Waals surface area contributed by atoms with Crippen molar-refractivity contribution in [2.75, 3.05) is 6.61 Å². The molecule has 3 nitrogen and oxygen atoms in total. The maximum Gasteiger partial charge on any atom is 0.0770 e. The predicted molar refractivity (Wildman–Crippen MR) is 58.5 cm³/mol.